The highest BCUT2D eigenvalue weighted by Gasteiger charge is 2.23. The van der Waals surface area contributed by atoms with Gasteiger partial charge in [0.2, 0.25) is 0 Å². The number of nitrogens with zero attached hydrogens (tertiary/aromatic N) is 3. The molecule has 0 bridgehead atoms. The van der Waals surface area contributed by atoms with Gasteiger partial charge in [-0.2, -0.15) is 5.10 Å². The van der Waals surface area contributed by atoms with Crippen molar-refractivity contribution in [3.8, 4) is 5.69 Å². The average Bonchev–Trinajstić information content (AvgIpc) is 3.37. The fourth-order valence-corrected chi connectivity index (χ4v) is 5.34. The van der Waals surface area contributed by atoms with Crippen molar-refractivity contribution in [3.05, 3.63) is 82.6 Å². The van der Waals surface area contributed by atoms with Gasteiger partial charge >= 0.3 is 0 Å². The van der Waals surface area contributed by atoms with Gasteiger partial charge in [0, 0.05) is 31.1 Å². The summed E-state index contributed by atoms with van der Waals surface area (Å²) in [5, 5.41) is 8.76. The van der Waals surface area contributed by atoms with E-state index >= 15 is 0 Å². The van der Waals surface area contributed by atoms with Gasteiger partial charge in [0.05, 0.1) is 16.3 Å². The minimum absolute atomic E-state index is 0.0298. The Labute approximate surface area is 190 Å². The minimum atomic E-state index is -0.282. The maximum Gasteiger partial charge on any atom is 0.261 e. The number of piperidine rings is 1. The fourth-order valence-electron chi connectivity index (χ4n) is 4.25. The second-order valence-electron chi connectivity index (χ2n) is 8.31. The first-order chi connectivity index (χ1) is 15.6. The number of nitrogens with one attached hydrogen (secondary N) is 1. The number of halogens is 1. The maximum atomic E-state index is 13.3. The molecule has 5 rings (SSSR count). The summed E-state index contributed by atoms with van der Waals surface area (Å²) >= 11 is 1.43. The van der Waals surface area contributed by atoms with E-state index < -0.39 is 0 Å². The summed E-state index contributed by atoms with van der Waals surface area (Å²) in [4.78, 5) is 17.0. The highest BCUT2D eigenvalue weighted by atomic mass is 32.1. The number of carbonyl (C=O) groups excluding carboxylic acids is 1. The van der Waals surface area contributed by atoms with Gasteiger partial charge < -0.3 is 5.32 Å². The SMILES string of the molecule is Cc1nn(-c2ccc(F)cc2)c2sc(C(=O)NC3CCN(Cc4ccccc4)CC3)cc12. The van der Waals surface area contributed by atoms with Gasteiger partial charge in [-0.25, -0.2) is 9.07 Å². The number of hydrogen-bond acceptors (Lipinski definition) is 4. The van der Waals surface area contributed by atoms with Crippen molar-refractivity contribution in [2.45, 2.75) is 32.4 Å². The number of amides is 1. The van der Waals surface area contributed by atoms with E-state index in [2.05, 4.69) is 39.6 Å². The van der Waals surface area contributed by atoms with Crippen LogP contribution >= 0.6 is 11.3 Å². The van der Waals surface area contributed by atoms with Crippen LogP contribution in [-0.2, 0) is 6.54 Å². The Morgan fingerprint density at radius 3 is 2.56 bits per heavy atom. The van der Waals surface area contributed by atoms with Crippen LogP contribution in [0.2, 0.25) is 0 Å². The minimum Gasteiger partial charge on any atom is -0.349 e. The van der Waals surface area contributed by atoms with Crippen LogP contribution in [-0.4, -0.2) is 39.7 Å². The van der Waals surface area contributed by atoms with E-state index in [-0.39, 0.29) is 17.8 Å². The van der Waals surface area contributed by atoms with Crippen LogP contribution in [0.15, 0.2) is 60.7 Å². The van der Waals surface area contributed by atoms with E-state index in [4.69, 9.17) is 0 Å². The molecule has 1 amide bonds. The summed E-state index contributed by atoms with van der Waals surface area (Å²) < 4.78 is 15.1. The van der Waals surface area contributed by atoms with Gasteiger partial charge in [0.1, 0.15) is 10.6 Å². The molecule has 1 fully saturated rings. The largest absolute Gasteiger partial charge is 0.349 e. The van der Waals surface area contributed by atoms with Crippen molar-refractivity contribution in [1.82, 2.24) is 20.0 Å². The van der Waals surface area contributed by atoms with E-state index in [0.717, 1.165) is 54.1 Å². The second-order valence-corrected chi connectivity index (χ2v) is 9.34. The molecule has 5 nitrogen and oxygen atoms in total. The number of benzene rings is 2. The number of rotatable bonds is 5. The van der Waals surface area contributed by atoms with Gasteiger partial charge in [0.15, 0.2) is 0 Å². The molecule has 1 aliphatic heterocycles. The zero-order valence-electron chi connectivity index (χ0n) is 17.9. The van der Waals surface area contributed by atoms with Gasteiger partial charge in [0.25, 0.3) is 5.91 Å². The predicted molar refractivity (Wildman–Crippen MR) is 126 cm³/mol. The van der Waals surface area contributed by atoms with Gasteiger partial charge in [-0.1, -0.05) is 30.3 Å². The lowest BCUT2D eigenvalue weighted by molar-refractivity contribution is 0.0913. The van der Waals surface area contributed by atoms with Crippen molar-refractivity contribution >= 4 is 27.5 Å². The molecule has 32 heavy (non-hydrogen) atoms. The molecular formula is C25H25FN4OS. The number of hydrogen-bond donors (Lipinski definition) is 1. The molecule has 0 atom stereocenters. The van der Waals surface area contributed by atoms with Crippen LogP contribution in [0.5, 0.6) is 0 Å². The lowest BCUT2D eigenvalue weighted by atomic mass is 10.0. The molecule has 1 N–H and O–H groups in total. The summed E-state index contributed by atoms with van der Waals surface area (Å²) in [6.45, 7) is 4.84. The molecule has 0 saturated carbocycles. The Hall–Kier alpha value is -3.03. The maximum absolute atomic E-state index is 13.3. The molecule has 0 spiro atoms. The zero-order chi connectivity index (χ0) is 22.1. The Morgan fingerprint density at radius 2 is 1.84 bits per heavy atom. The second kappa shape index (κ2) is 8.84. The molecule has 1 saturated heterocycles. The van der Waals surface area contributed by atoms with Gasteiger partial charge in [-0.3, -0.25) is 9.69 Å². The first kappa shape index (κ1) is 20.8. The molecule has 0 aliphatic carbocycles. The topological polar surface area (TPSA) is 50.2 Å². The van der Waals surface area contributed by atoms with Crippen molar-refractivity contribution in [1.29, 1.82) is 0 Å². The van der Waals surface area contributed by atoms with Crippen LogP contribution in [0.4, 0.5) is 4.39 Å². The standard InChI is InChI=1S/C25H25FN4OS/c1-17-22-15-23(32-25(22)30(28-17)21-9-7-19(26)8-10-21)24(31)27-20-11-13-29(14-12-20)16-18-5-3-2-4-6-18/h2-10,15,20H,11-14,16H2,1H3,(H,27,31). The van der Waals surface area contributed by atoms with E-state index in [9.17, 15) is 9.18 Å². The van der Waals surface area contributed by atoms with Crippen LogP contribution in [0.3, 0.4) is 0 Å². The highest BCUT2D eigenvalue weighted by Crippen LogP contribution is 2.30. The fraction of sp³-hybridized carbons (Fsp3) is 0.280. The monoisotopic (exact) mass is 448 g/mol. The molecular weight excluding hydrogens is 423 g/mol. The number of thiophene rings is 1. The molecule has 4 aromatic rings. The third-order valence-corrected chi connectivity index (χ3v) is 7.12. The lowest BCUT2D eigenvalue weighted by Crippen LogP contribution is -2.44. The van der Waals surface area contributed by atoms with Crippen LogP contribution in [0.25, 0.3) is 15.9 Å². The third-order valence-electron chi connectivity index (χ3n) is 6.01. The van der Waals surface area contributed by atoms with Gasteiger partial charge in [-0.05, 0) is 55.7 Å². The molecule has 1 aliphatic rings. The molecule has 7 heteroatoms. The summed E-state index contributed by atoms with van der Waals surface area (Å²) in [5.41, 5.74) is 2.96. The van der Waals surface area contributed by atoms with E-state index in [1.165, 1.54) is 29.0 Å². The first-order valence-corrected chi connectivity index (χ1v) is 11.7. The quantitative estimate of drug-likeness (QED) is 0.471. The number of carbonyl (C=O) groups is 1. The summed E-state index contributed by atoms with van der Waals surface area (Å²) in [7, 11) is 0. The Kier molecular flexibility index (Phi) is 5.76. The van der Waals surface area contributed by atoms with Crippen LogP contribution in [0.1, 0.15) is 33.8 Å². The number of fused-ring (bicyclic) bond motifs is 1. The lowest BCUT2D eigenvalue weighted by Gasteiger charge is -2.32. The van der Waals surface area contributed by atoms with E-state index in [1.807, 2.05) is 19.1 Å². The highest BCUT2D eigenvalue weighted by molar-refractivity contribution is 7.20. The molecule has 2 aromatic heterocycles. The number of aryl methyl sites for hydroxylation is 1. The van der Waals surface area contributed by atoms with Crippen LogP contribution < -0.4 is 5.32 Å². The van der Waals surface area contributed by atoms with Gasteiger partial charge in [-0.15, -0.1) is 11.3 Å². The average molecular weight is 449 g/mol. The van der Waals surface area contributed by atoms with Crippen LogP contribution in [0, 0.1) is 12.7 Å². The zero-order valence-corrected chi connectivity index (χ0v) is 18.7. The molecule has 0 radical (unpaired) electrons. The number of likely N-dealkylation sites (tertiary alicyclic amines) is 1. The third kappa shape index (κ3) is 4.31. The Balaban J connectivity index is 1.25. The molecule has 0 unspecified atom stereocenters. The smallest absolute Gasteiger partial charge is 0.261 e. The summed E-state index contributed by atoms with van der Waals surface area (Å²) in [5.74, 6) is -0.312. The Morgan fingerprint density at radius 1 is 1.12 bits per heavy atom. The molecule has 3 heterocycles. The molecule has 164 valence electrons. The van der Waals surface area contributed by atoms with Crippen molar-refractivity contribution in [2.24, 2.45) is 0 Å². The Bertz CT molecular complexity index is 1220. The first-order valence-electron chi connectivity index (χ1n) is 10.9. The van der Waals surface area contributed by atoms with E-state index in [0.29, 0.717) is 4.88 Å². The summed E-state index contributed by atoms with van der Waals surface area (Å²) in [6, 6.07) is 18.8. The predicted octanol–water partition coefficient (Wildman–Crippen LogP) is 4.93. The van der Waals surface area contributed by atoms with Crippen molar-refractivity contribution in [2.75, 3.05) is 13.1 Å². The molecule has 2 aromatic carbocycles. The van der Waals surface area contributed by atoms with Crippen molar-refractivity contribution in [3.63, 3.8) is 0 Å². The van der Waals surface area contributed by atoms with Crippen molar-refractivity contribution < 1.29 is 9.18 Å². The normalized spacial score (nSPS) is 15.3. The van der Waals surface area contributed by atoms with E-state index in [1.54, 1.807) is 16.8 Å². The summed E-state index contributed by atoms with van der Waals surface area (Å²) in [6.07, 6.45) is 1.90. The number of aromatic nitrogens is 2.